The lowest BCUT2D eigenvalue weighted by atomic mass is 10.2. The number of carbonyl (C=O) groups is 1. The molecule has 2 rings (SSSR count). The number of anilines is 1. The highest BCUT2D eigenvalue weighted by Crippen LogP contribution is 2.07. The van der Waals surface area contributed by atoms with Gasteiger partial charge in [0.1, 0.15) is 0 Å². The van der Waals surface area contributed by atoms with Gasteiger partial charge in [0.25, 0.3) is 5.56 Å². The molecule has 2 heterocycles. The first kappa shape index (κ1) is 9.70. The van der Waals surface area contributed by atoms with E-state index in [0.29, 0.717) is 18.7 Å². The Bertz CT molecular complexity index is 415. The molecule has 1 fully saturated rings. The summed E-state index contributed by atoms with van der Waals surface area (Å²) in [6.45, 7) is 0.622. The Labute approximate surface area is 86.1 Å². The monoisotopic (exact) mass is 208 g/mol. The van der Waals surface area contributed by atoms with Crippen molar-refractivity contribution in [3.8, 4) is 0 Å². The SMILES string of the molecule is O=C1CCC(CNc2cn[nH]c(=O)c2)N1. The summed E-state index contributed by atoms with van der Waals surface area (Å²) in [6, 6.07) is 1.58. The zero-order valence-electron chi connectivity index (χ0n) is 8.12. The Kier molecular flexibility index (Phi) is 2.66. The number of carbonyl (C=O) groups excluding carboxylic acids is 1. The van der Waals surface area contributed by atoms with Crippen molar-refractivity contribution in [3.05, 3.63) is 22.6 Å². The van der Waals surface area contributed by atoms with Crippen molar-refractivity contribution < 1.29 is 4.79 Å². The summed E-state index contributed by atoms with van der Waals surface area (Å²) in [6.07, 6.45) is 2.96. The van der Waals surface area contributed by atoms with Gasteiger partial charge >= 0.3 is 0 Å². The van der Waals surface area contributed by atoms with Crippen LogP contribution in [0.15, 0.2) is 17.1 Å². The van der Waals surface area contributed by atoms with Crippen LogP contribution in [0.1, 0.15) is 12.8 Å². The maximum atomic E-state index is 10.9. The molecule has 0 saturated carbocycles. The van der Waals surface area contributed by atoms with E-state index in [9.17, 15) is 9.59 Å². The largest absolute Gasteiger partial charge is 0.382 e. The molecule has 1 saturated heterocycles. The molecule has 1 aromatic heterocycles. The lowest BCUT2D eigenvalue weighted by molar-refractivity contribution is -0.119. The van der Waals surface area contributed by atoms with Crippen LogP contribution in [-0.2, 0) is 4.79 Å². The Morgan fingerprint density at radius 1 is 1.53 bits per heavy atom. The van der Waals surface area contributed by atoms with Crippen LogP contribution in [0, 0.1) is 0 Å². The molecule has 80 valence electrons. The van der Waals surface area contributed by atoms with Gasteiger partial charge < -0.3 is 10.6 Å². The highest BCUT2D eigenvalue weighted by atomic mass is 16.2. The number of hydrogen-bond donors (Lipinski definition) is 3. The summed E-state index contributed by atoms with van der Waals surface area (Å²) in [5.74, 6) is 0.0887. The van der Waals surface area contributed by atoms with Crippen molar-refractivity contribution in [1.29, 1.82) is 0 Å². The first-order valence-electron chi connectivity index (χ1n) is 4.82. The summed E-state index contributed by atoms with van der Waals surface area (Å²) in [7, 11) is 0. The van der Waals surface area contributed by atoms with E-state index in [2.05, 4.69) is 20.8 Å². The summed E-state index contributed by atoms with van der Waals surface area (Å²) >= 11 is 0. The van der Waals surface area contributed by atoms with Crippen LogP contribution in [0.4, 0.5) is 5.69 Å². The van der Waals surface area contributed by atoms with Gasteiger partial charge in [-0.25, -0.2) is 5.10 Å². The van der Waals surface area contributed by atoms with E-state index in [1.807, 2.05) is 0 Å². The zero-order valence-corrected chi connectivity index (χ0v) is 8.12. The van der Waals surface area contributed by atoms with Gasteiger partial charge in [-0.1, -0.05) is 0 Å². The van der Waals surface area contributed by atoms with Crippen LogP contribution >= 0.6 is 0 Å². The summed E-state index contributed by atoms with van der Waals surface area (Å²) in [4.78, 5) is 21.8. The molecule has 0 spiro atoms. The fraction of sp³-hybridized carbons (Fsp3) is 0.444. The lowest BCUT2D eigenvalue weighted by Crippen LogP contribution is -2.32. The molecule has 15 heavy (non-hydrogen) atoms. The summed E-state index contributed by atoms with van der Waals surface area (Å²) in [5, 5.41) is 11.8. The van der Waals surface area contributed by atoms with E-state index in [0.717, 1.165) is 6.42 Å². The van der Waals surface area contributed by atoms with Crippen molar-refractivity contribution >= 4 is 11.6 Å². The summed E-state index contributed by atoms with van der Waals surface area (Å²) < 4.78 is 0. The predicted molar refractivity (Wildman–Crippen MR) is 54.5 cm³/mol. The van der Waals surface area contributed by atoms with E-state index in [1.165, 1.54) is 12.3 Å². The number of aromatic amines is 1. The van der Waals surface area contributed by atoms with Crippen molar-refractivity contribution in [1.82, 2.24) is 15.5 Å². The number of nitrogens with one attached hydrogen (secondary N) is 3. The van der Waals surface area contributed by atoms with Crippen molar-refractivity contribution in [3.63, 3.8) is 0 Å². The van der Waals surface area contributed by atoms with E-state index >= 15 is 0 Å². The molecular formula is C9H12N4O2. The van der Waals surface area contributed by atoms with Gasteiger partial charge in [-0.2, -0.15) is 5.10 Å². The average molecular weight is 208 g/mol. The van der Waals surface area contributed by atoms with Crippen LogP contribution in [0.25, 0.3) is 0 Å². The van der Waals surface area contributed by atoms with Gasteiger partial charge in [0, 0.05) is 25.1 Å². The van der Waals surface area contributed by atoms with Crippen LogP contribution in [0.3, 0.4) is 0 Å². The molecule has 1 aliphatic heterocycles. The standard InChI is InChI=1S/C9H12N4O2/c14-8-2-1-6(12-8)4-10-7-3-9(15)13-11-5-7/h3,5-6H,1-2,4H2,(H,12,14)(H2,10,13,15). The molecular weight excluding hydrogens is 196 g/mol. The number of rotatable bonds is 3. The van der Waals surface area contributed by atoms with Crippen LogP contribution in [-0.4, -0.2) is 28.7 Å². The topological polar surface area (TPSA) is 86.9 Å². The zero-order chi connectivity index (χ0) is 10.7. The average Bonchev–Trinajstić information content (AvgIpc) is 2.62. The third-order valence-corrected chi connectivity index (χ3v) is 2.30. The fourth-order valence-electron chi connectivity index (χ4n) is 1.54. The van der Waals surface area contributed by atoms with E-state index in [4.69, 9.17) is 0 Å². The predicted octanol–water partition coefficient (Wildman–Crippen LogP) is -0.540. The Hall–Kier alpha value is -1.85. The third-order valence-electron chi connectivity index (χ3n) is 2.30. The van der Waals surface area contributed by atoms with Gasteiger partial charge in [0.05, 0.1) is 11.9 Å². The smallest absolute Gasteiger partial charge is 0.266 e. The molecule has 0 bridgehead atoms. The molecule has 1 amide bonds. The highest BCUT2D eigenvalue weighted by molar-refractivity contribution is 5.78. The minimum Gasteiger partial charge on any atom is -0.382 e. The normalized spacial score (nSPS) is 20.0. The Morgan fingerprint density at radius 2 is 2.40 bits per heavy atom. The summed E-state index contributed by atoms with van der Waals surface area (Å²) in [5.41, 5.74) is 0.426. The van der Waals surface area contributed by atoms with Crippen LogP contribution in [0.2, 0.25) is 0 Å². The van der Waals surface area contributed by atoms with Crippen molar-refractivity contribution in [2.75, 3.05) is 11.9 Å². The number of aromatic nitrogens is 2. The Morgan fingerprint density at radius 3 is 3.07 bits per heavy atom. The second-order valence-electron chi connectivity index (χ2n) is 3.52. The molecule has 6 heteroatoms. The van der Waals surface area contributed by atoms with E-state index in [-0.39, 0.29) is 17.5 Å². The number of nitrogens with zero attached hydrogens (tertiary/aromatic N) is 1. The second kappa shape index (κ2) is 4.12. The molecule has 1 aliphatic rings. The van der Waals surface area contributed by atoms with E-state index in [1.54, 1.807) is 0 Å². The molecule has 1 atom stereocenters. The van der Waals surface area contributed by atoms with Gasteiger partial charge in [0.2, 0.25) is 5.91 Å². The van der Waals surface area contributed by atoms with Gasteiger partial charge in [-0.05, 0) is 6.42 Å². The Balaban J connectivity index is 1.88. The first-order valence-corrected chi connectivity index (χ1v) is 4.82. The number of amides is 1. The van der Waals surface area contributed by atoms with Crippen molar-refractivity contribution in [2.24, 2.45) is 0 Å². The van der Waals surface area contributed by atoms with Gasteiger partial charge in [-0.3, -0.25) is 9.59 Å². The molecule has 6 nitrogen and oxygen atoms in total. The molecule has 0 aromatic carbocycles. The second-order valence-corrected chi connectivity index (χ2v) is 3.52. The fourth-order valence-corrected chi connectivity index (χ4v) is 1.54. The lowest BCUT2D eigenvalue weighted by Gasteiger charge is -2.11. The van der Waals surface area contributed by atoms with Crippen molar-refractivity contribution in [2.45, 2.75) is 18.9 Å². The third kappa shape index (κ3) is 2.55. The molecule has 0 aliphatic carbocycles. The minimum absolute atomic E-state index is 0.0887. The van der Waals surface area contributed by atoms with E-state index < -0.39 is 0 Å². The van der Waals surface area contributed by atoms with Gasteiger partial charge in [0.15, 0.2) is 0 Å². The maximum Gasteiger partial charge on any atom is 0.266 e. The first-order chi connectivity index (χ1) is 7.24. The maximum absolute atomic E-state index is 10.9. The number of H-pyrrole nitrogens is 1. The quantitative estimate of drug-likeness (QED) is 0.622. The molecule has 3 N–H and O–H groups in total. The minimum atomic E-state index is -0.240. The van der Waals surface area contributed by atoms with Crippen LogP contribution in [0.5, 0.6) is 0 Å². The number of hydrogen-bond acceptors (Lipinski definition) is 4. The highest BCUT2D eigenvalue weighted by Gasteiger charge is 2.19. The molecule has 0 radical (unpaired) electrons. The van der Waals surface area contributed by atoms with Gasteiger partial charge in [-0.15, -0.1) is 0 Å². The van der Waals surface area contributed by atoms with Crippen LogP contribution < -0.4 is 16.2 Å². The molecule has 1 aromatic rings. The molecule has 1 unspecified atom stereocenters.